The highest BCUT2D eigenvalue weighted by Gasteiger charge is 2.16. The summed E-state index contributed by atoms with van der Waals surface area (Å²) in [4.78, 5) is 4.85. The number of hydrogen-bond donors (Lipinski definition) is 1. The van der Waals surface area contributed by atoms with Gasteiger partial charge < -0.3 is 0 Å². The molecule has 0 radical (unpaired) electrons. The predicted molar refractivity (Wildman–Crippen MR) is 132 cm³/mol. The van der Waals surface area contributed by atoms with Gasteiger partial charge in [0.25, 0.3) is 0 Å². The van der Waals surface area contributed by atoms with Crippen molar-refractivity contribution < 1.29 is 0 Å². The van der Waals surface area contributed by atoms with Crippen LogP contribution in [0.2, 0.25) is 0 Å². The number of H-pyrrole nitrogens is 1. The summed E-state index contributed by atoms with van der Waals surface area (Å²) in [6, 6.07) is 16.6. The van der Waals surface area contributed by atoms with Gasteiger partial charge in [-0.2, -0.15) is 5.21 Å². The number of hydrogen-bond acceptors (Lipinski definition) is 4. The minimum absolute atomic E-state index is 0.582. The Bertz CT molecular complexity index is 1160. The average Bonchev–Trinajstić information content (AvgIpc) is 3.47. The third kappa shape index (κ3) is 4.85. The van der Waals surface area contributed by atoms with Crippen LogP contribution in [0.5, 0.6) is 0 Å². The number of rotatable bonds is 7. The minimum atomic E-state index is 0.582. The Morgan fingerprint density at radius 3 is 2.47 bits per heavy atom. The van der Waals surface area contributed by atoms with E-state index in [0.717, 1.165) is 52.4 Å². The number of nitrogens with one attached hydrogen (secondary N) is 1. The van der Waals surface area contributed by atoms with Gasteiger partial charge in [0.05, 0.1) is 11.4 Å². The van der Waals surface area contributed by atoms with Crippen LogP contribution in [0.15, 0.2) is 55.1 Å². The zero-order valence-corrected chi connectivity index (χ0v) is 19.6. The van der Waals surface area contributed by atoms with E-state index in [9.17, 15) is 0 Å². The number of aryl methyl sites for hydroxylation is 2. The molecule has 1 N–H and O–H groups in total. The van der Waals surface area contributed by atoms with Crippen LogP contribution in [0.25, 0.3) is 34.3 Å². The molecule has 0 spiro atoms. The van der Waals surface area contributed by atoms with Gasteiger partial charge in [-0.15, -0.1) is 10.2 Å². The molecule has 6 heteroatoms. The maximum absolute atomic E-state index is 4.85. The fourth-order valence-electron chi connectivity index (χ4n) is 3.73. The van der Waals surface area contributed by atoms with Gasteiger partial charge in [0, 0.05) is 17.7 Å². The number of imidazole rings is 1. The number of aromatic nitrogens is 6. The molecule has 6 nitrogen and oxygen atoms in total. The van der Waals surface area contributed by atoms with Crippen molar-refractivity contribution in [2.45, 2.75) is 47.5 Å². The topological polar surface area (TPSA) is 72.3 Å². The van der Waals surface area contributed by atoms with Crippen molar-refractivity contribution in [1.82, 2.24) is 30.2 Å². The molecule has 2 aromatic heterocycles. The van der Waals surface area contributed by atoms with Gasteiger partial charge in [0.15, 0.2) is 0 Å². The van der Waals surface area contributed by atoms with E-state index in [0.29, 0.717) is 11.7 Å². The monoisotopic (exact) mass is 428 g/mol. The highest BCUT2D eigenvalue weighted by Crippen LogP contribution is 2.32. The molecule has 0 atom stereocenters. The Kier molecular flexibility index (Phi) is 7.71. The fraction of sp³-hybridized carbons (Fsp3) is 0.308. The van der Waals surface area contributed by atoms with Crippen molar-refractivity contribution >= 4 is 6.08 Å². The third-order valence-corrected chi connectivity index (χ3v) is 5.23. The Morgan fingerprint density at radius 1 is 1.06 bits per heavy atom. The second-order valence-corrected chi connectivity index (χ2v) is 7.80. The molecule has 166 valence electrons. The standard InChI is InChI=1S/C24H26N6.C2H6/c1-5-22-17(4)25-23(14-13-16(2)3)30(22)19-10-8-9-18(15-19)20-11-6-7-12-21(20)24-26-28-29-27-24;1-2/h5-12,15-16H,1,13-14H2,2-4H3,(H,26,27,28,29);1-2H3. The Morgan fingerprint density at radius 2 is 1.81 bits per heavy atom. The second-order valence-electron chi connectivity index (χ2n) is 7.80. The highest BCUT2D eigenvalue weighted by atomic mass is 15.5. The summed E-state index contributed by atoms with van der Waals surface area (Å²) in [5.74, 6) is 2.27. The lowest BCUT2D eigenvalue weighted by Gasteiger charge is -2.14. The van der Waals surface area contributed by atoms with Crippen LogP contribution in [0, 0.1) is 12.8 Å². The predicted octanol–water partition coefficient (Wildman–Crippen LogP) is 6.29. The maximum atomic E-state index is 4.85. The van der Waals surface area contributed by atoms with E-state index in [1.165, 1.54) is 0 Å². The number of nitrogens with zero attached hydrogens (tertiary/aromatic N) is 5. The molecule has 0 fully saturated rings. The van der Waals surface area contributed by atoms with E-state index >= 15 is 0 Å². The average molecular weight is 429 g/mol. The number of aromatic amines is 1. The lowest BCUT2D eigenvalue weighted by Crippen LogP contribution is -2.05. The first-order valence-electron chi connectivity index (χ1n) is 11.2. The fourth-order valence-corrected chi connectivity index (χ4v) is 3.73. The molecule has 0 aliphatic rings. The van der Waals surface area contributed by atoms with E-state index in [1.54, 1.807) is 0 Å². The Hall–Kier alpha value is -3.54. The minimum Gasteiger partial charge on any atom is -0.297 e. The van der Waals surface area contributed by atoms with Crippen molar-refractivity contribution in [3.63, 3.8) is 0 Å². The first-order valence-corrected chi connectivity index (χ1v) is 11.2. The summed E-state index contributed by atoms with van der Waals surface area (Å²) in [5, 5.41) is 14.6. The molecule has 32 heavy (non-hydrogen) atoms. The summed E-state index contributed by atoms with van der Waals surface area (Å²) in [5.41, 5.74) is 6.20. The SMILES string of the molecule is C=Cc1c(C)nc(CCC(C)C)n1-c1cccc(-c2ccccc2-c2nn[nH]n2)c1.CC. The summed E-state index contributed by atoms with van der Waals surface area (Å²) in [6.45, 7) is 14.6. The van der Waals surface area contributed by atoms with Crippen LogP contribution < -0.4 is 0 Å². The first kappa shape index (κ1) is 23.1. The van der Waals surface area contributed by atoms with Crippen LogP contribution in [-0.4, -0.2) is 30.2 Å². The summed E-state index contributed by atoms with van der Waals surface area (Å²) < 4.78 is 2.23. The van der Waals surface area contributed by atoms with E-state index in [4.69, 9.17) is 4.98 Å². The van der Waals surface area contributed by atoms with Crippen molar-refractivity contribution in [1.29, 1.82) is 0 Å². The van der Waals surface area contributed by atoms with E-state index < -0.39 is 0 Å². The smallest absolute Gasteiger partial charge is 0.205 e. The van der Waals surface area contributed by atoms with Crippen LogP contribution in [0.4, 0.5) is 0 Å². The molecular weight excluding hydrogens is 396 g/mol. The highest BCUT2D eigenvalue weighted by molar-refractivity contribution is 5.81. The molecule has 0 saturated carbocycles. The van der Waals surface area contributed by atoms with Crippen LogP contribution in [-0.2, 0) is 6.42 Å². The second kappa shape index (κ2) is 10.7. The summed E-state index contributed by atoms with van der Waals surface area (Å²) >= 11 is 0. The summed E-state index contributed by atoms with van der Waals surface area (Å²) in [6.07, 6.45) is 3.91. The van der Waals surface area contributed by atoms with Crippen LogP contribution in [0.3, 0.4) is 0 Å². The Balaban J connectivity index is 0.00000141. The molecule has 2 heterocycles. The molecule has 0 bridgehead atoms. The molecule has 0 amide bonds. The van der Waals surface area contributed by atoms with Gasteiger partial charge in [-0.05, 0) is 53.8 Å². The lowest BCUT2D eigenvalue weighted by molar-refractivity contribution is 0.571. The van der Waals surface area contributed by atoms with E-state index in [-0.39, 0.29) is 0 Å². The van der Waals surface area contributed by atoms with Gasteiger partial charge in [-0.3, -0.25) is 4.57 Å². The zero-order valence-electron chi connectivity index (χ0n) is 19.6. The molecular formula is C26H32N6. The normalized spacial score (nSPS) is 10.7. The largest absolute Gasteiger partial charge is 0.297 e. The van der Waals surface area contributed by atoms with Crippen molar-refractivity contribution in [2.75, 3.05) is 0 Å². The van der Waals surface area contributed by atoms with Crippen LogP contribution in [0.1, 0.15) is 51.3 Å². The number of tetrazole rings is 1. The molecule has 0 aliphatic heterocycles. The zero-order chi connectivity index (χ0) is 23.1. The first-order chi connectivity index (χ1) is 15.6. The number of benzene rings is 2. The van der Waals surface area contributed by atoms with Gasteiger partial charge in [0.2, 0.25) is 5.82 Å². The molecule has 4 rings (SSSR count). The quantitative estimate of drug-likeness (QED) is 0.376. The molecule has 4 aromatic rings. The molecule has 0 saturated heterocycles. The van der Waals surface area contributed by atoms with Crippen LogP contribution >= 0.6 is 0 Å². The summed E-state index contributed by atoms with van der Waals surface area (Å²) in [7, 11) is 0. The van der Waals surface area contributed by atoms with E-state index in [1.807, 2.05) is 45.0 Å². The third-order valence-electron chi connectivity index (χ3n) is 5.23. The van der Waals surface area contributed by atoms with Crippen molar-refractivity contribution in [3.8, 4) is 28.2 Å². The maximum Gasteiger partial charge on any atom is 0.205 e. The van der Waals surface area contributed by atoms with Gasteiger partial charge >= 0.3 is 0 Å². The van der Waals surface area contributed by atoms with E-state index in [2.05, 4.69) is 75.9 Å². The molecule has 0 unspecified atom stereocenters. The molecule has 0 aliphatic carbocycles. The Labute approximate surface area is 190 Å². The van der Waals surface area contributed by atoms with Gasteiger partial charge in [0.1, 0.15) is 5.82 Å². The molecule has 2 aromatic carbocycles. The van der Waals surface area contributed by atoms with Gasteiger partial charge in [-0.25, -0.2) is 4.98 Å². The van der Waals surface area contributed by atoms with Crippen molar-refractivity contribution in [3.05, 3.63) is 72.3 Å². The lowest BCUT2D eigenvalue weighted by atomic mass is 9.98. The van der Waals surface area contributed by atoms with Crippen molar-refractivity contribution in [2.24, 2.45) is 5.92 Å². The van der Waals surface area contributed by atoms with Gasteiger partial charge in [-0.1, -0.05) is 70.7 Å².